The van der Waals surface area contributed by atoms with Crippen LogP contribution >= 0.6 is 0 Å². The quantitative estimate of drug-likeness (QED) is 0.149. The number of hydrogen-bond donors (Lipinski definition) is 0. The molecule has 202 valence electrons. The highest BCUT2D eigenvalue weighted by Gasteiger charge is 2.33. The van der Waals surface area contributed by atoms with Crippen LogP contribution in [-0.2, 0) is 5.41 Å². The van der Waals surface area contributed by atoms with Gasteiger partial charge in [-0.1, -0.05) is 147 Å². The molecule has 0 unspecified atom stereocenters. The van der Waals surface area contributed by atoms with Gasteiger partial charge in [-0.2, -0.15) is 0 Å². The topological polar surface area (TPSA) is 0 Å². The first kappa shape index (κ1) is 24.4. The fourth-order valence-corrected chi connectivity index (χ4v) is 7.76. The van der Waals surface area contributed by atoms with Crippen LogP contribution in [0.2, 0.25) is 0 Å². The van der Waals surface area contributed by atoms with Crippen LogP contribution in [0.25, 0.3) is 76.5 Å². The Hall–Kier alpha value is -5.20. The molecule has 0 aromatic heterocycles. The van der Waals surface area contributed by atoms with Crippen molar-refractivity contribution in [3.05, 3.63) is 157 Å². The summed E-state index contributed by atoms with van der Waals surface area (Å²) in [5.41, 5.74) is 10.5. The van der Waals surface area contributed by atoms with E-state index in [1.807, 2.05) is 0 Å². The van der Waals surface area contributed by atoms with Gasteiger partial charge in [0.15, 0.2) is 0 Å². The molecule has 0 heterocycles. The van der Waals surface area contributed by atoms with Gasteiger partial charge in [0.25, 0.3) is 0 Å². The van der Waals surface area contributed by atoms with E-state index in [0.29, 0.717) is 0 Å². The minimum atomic E-state index is -0.0622. The lowest BCUT2D eigenvalue weighted by Crippen LogP contribution is -2.23. The van der Waals surface area contributed by atoms with E-state index < -0.39 is 0 Å². The zero-order valence-electron chi connectivity index (χ0n) is 24.4. The fraction of sp³-hybridized carbons (Fsp3) is 0.0698. The minimum Gasteiger partial charge on any atom is -0.0622 e. The van der Waals surface area contributed by atoms with Gasteiger partial charge < -0.3 is 0 Å². The summed E-state index contributed by atoms with van der Waals surface area (Å²) in [6, 6.07) is 54.2. The van der Waals surface area contributed by atoms with Gasteiger partial charge in [0, 0.05) is 5.41 Å². The molecule has 1 aliphatic carbocycles. The highest BCUT2D eigenvalue weighted by molar-refractivity contribution is 6.21. The summed E-state index contributed by atoms with van der Waals surface area (Å²) in [5.74, 6) is 0. The maximum absolute atomic E-state index is 2.43. The Bertz CT molecular complexity index is 2410. The van der Waals surface area contributed by atoms with Crippen LogP contribution < -0.4 is 0 Å². The van der Waals surface area contributed by atoms with Crippen molar-refractivity contribution in [1.82, 2.24) is 0 Å². The van der Waals surface area contributed by atoms with E-state index in [2.05, 4.69) is 159 Å². The lowest BCUT2D eigenvalue weighted by molar-refractivity contribution is 0.645. The maximum atomic E-state index is 2.43. The molecule has 0 amide bonds. The molecule has 0 N–H and O–H groups in total. The predicted molar refractivity (Wildman–Crippen MR) is 185 cm³/mol. The van der Waals surface area contributed by atoms with Crippen LogP contribution in [0.4, 0.5) is 0 Å². The third-order valence-electron chi connectivity index (χ3n) is 9.84. The molecule has 0 spiro atoms. The van der Waals surface area contributed by atoms with Gasteiger partial charge in [0.05, 0.1) is 0 Å². The van der Waals surface area contributed by atoms with E-state index in [9.17, 15) is 0 Å². The third-order valence-corrected chi connectivity index (χ3v) is 9.84. The first-order chi connectivity index (χ1) is 21.1. The smallest absolute Gasteiger partial charge is 0.0159 e. The highest BCUT2D eigenvalue weighted by atomic mass is 14.4. The largest absolute Gasteiger partial charge is 0.0622 e. The first-order valence-electron chi connectivity index (χ1n) is 15.2. The molecule has 0 fully saturated rings. The second-order valence-corrected chi connectivity index (χ2v) is 12.5. The second-order valence-electron chi connectivity index (χ2n) is 12.5. The Balaban J connectivity index is 1.36. The Morgan fingerprint density at radius 3 is 2.02 bits per heavy atom. The Labute approximate surface area is 251 Å². The molecule has 43 heavy (non-hydrogen) atoms. The van der Waals surface area contributed by atoms with E-state index >= 15 is 0 Å². The molecule has 0 radical (unpaired) electrons. The summed E-state index contributed by atoms with van der Waals surface area (Å²) in [4.78, 5) is 0. The average Bonchev–Trinajstić information content (AvgIpc) is 3.06. The first-order valence-corrected chi connectivity index (χ1v) is 15.2. The summed E-state index contributed by atoms with van der Waals surface area (Å²) >= 11 is 0. The highest BCUT2D eigenvalue weighted by Crippen LogP contribution is 2.50. The van der Waals surface area contributed by atoms with Crippen LogP contribution in [0.1, 0.15) is 25.0 Å². The summed E-state index contributed by atoms with van der Waals surface area (Å²) in [5, 5.41) is 10.4. The van der Waals surface area contributed by atoms with E-state index in [0.717, 1.165) is 0 Å². The molecule has 0 nitrogen and oxygen atoms in total. The van der Waals surface area contributed by atoms with E-state index in [4.69, 9.17) is 0 Å². The van der Waals surface area contributed by atoms with E-state index in [1.54, 1.807) is 0 Å². The summed E-state index contributed by atoms with van der Waals surface area (Å²) < 4.78 is 0. The molecule has 9 rings (SSSR count). The predicted octanol–water partition coefficient (Wildman–Crippen LogP) is 11.9. The van der Waals surface area contributed by atoms with Gasteiger partial charge in [0.2, 0.25) is 0 Å². The Morgan fingerprint density at radius 1 is 0.372 bits per heavy atom. The number of hydrogen-bond acceptors (Lipinski definition) is 0. The van der Waals surface area contributed by atoms with Gasteiger partial charge in [-0.15, -0.1) is 0 Å². The van der Waals surface area contributed by atoms with Crippen molar-refractivity contribution in [2.75, 3.05) is 0 Å². The standard InChI is InChI=1S/C43H30/c1-43(2)39-18-9-8-15-33(39)35-17-10-16-34-32(23-24-40(43)42(34)35)29-19-20-30-26-38-31-14-7-6-11-27(31)21-22-36(38)41(37(30)25-29)28-12-4-3-5-13-28/h3-26H,1-2H3. The lowest BCUT2D eigenvalue weighted by Gasteiger charge is -2.35. The summed E-state index contributed by atoms with van der Waals surface area (Å²) in [6.45, 7) is 4.74. The fourth-order valence-electron chi connectivity index (χ4n) is 7.76. The van der Waals surface area contributed by atoms with Crippen LogP contribution in [-0.4, -0.2) is 0 Å². The van der Waals surface area contributed by atoms with Crippen LogP contribution in [0, 0.1) is 0 Å². The van der Waals surface area contributed by atoms with Crippen molar-refractivity contribution in [3.63, 3.8) is 0 Å². The van der Waals surface area contributed by atoms with Gasteiger partial charge in [-0.25, -0.2) is 0 Å². The van der Waals surface area contributed by atoms with Crippen molar-refractivity contribution in [2.45, 2.75) is 19.3 Å². The molecule has 8 aromatic carbocycles. The molecule has 0 atom stereocenters. The number of rotatable bonds is 2. The van der Waals surface area contributed by atoms with Crippen LogP contribution in [0.5, 0.6) is 0 Å². The molecule has 1 aliphatic rings. The SMILES string of the molecule is CC1(C)c2ccccc2-c2cccc3c(-c4ccc5cc6c(ccc7ccccc76)c(-c6ccccc6)c5c4)ccc1c23. The van der Waals surface area contributed by atoms with Crippen LogP contribution in [0.3, 0.4) is 0 Å². The Morgan fingerprint density at radius 2 is 1.12 bits per heavy atom. The zero-order valence-corrected chi connectivity index (χ0v) is 24.4. The van der Waals surface area contributed by atoms with Gasteiger partial charge in [-0.3, -0.25) is 0 Å². The molecular formula is C43H30. The van der Waals surface area contributed by atoms with Crippen molar-refractivity contribution >= 4 is 43.1 Å². The van der Waals surface area contributed by atoms with Crippen molar-refractivity contribution in [2.24, 2.45) is 0 Å². The Kier molecular flexibility index (Phi) is 5.05. The summed E-state index contributed by atoms with van der Waals surface area (Å²) in [6.07, 6.45) is 0. The molecular weight excluding hydrogens is 516 g/mol. The molecule has 0 aliphatic heterocycles. The van der Waals surface area contributed by atoms with Crippen molar-refractivity contribution in [3.8, 4) is 33.4 Å². The monoisotopic (exact) mass is 546 g/mol. The normalized spacial score (nSPS) is 13.5. The van der Waals surface area contributed by atoms with Gasteiger partial charge in [0.1, 0.15) is 0 Å². The zero-order chi connectivity index (χ0) is 28.7. The second kappa shape index (κ2) is 8.90. The average molecular weight is 547 g/mol. The van der Waals surface area contributed by atoms with Crippen LogP contribution in [0.15, 0.2) is 146 Å². The maximum Gasteiger partial charge on any atom is 0.0159 e. The lowest BCUT2D eigenvalue weighted by atomic mass is 9.68. The van der Waals surface area contributed by atoms with Crippen molar-refractivity contribution in [1.29, 1.82) is 0 Å². The minimum absolute atomic E-state index is 0.0622. The summed E-state index contributed by atoms with van der Waals surface area (Å²) in [7, 11) is 0. The van der Waals surface area contributed by atoms with E-state index in [1.165, 1.54) is 87.6 Å². The molecule has 8 aromatic rings. The molecule has 0 saturated heterocycles. The van der Waals surface area contributed by atoms with Gasteiger partial charge >= 0.3 is 0 Å². The van der Waals surface area contributed by atoms with E-state index in [-0.39, 0.29) is 5.41 Å². The molecule has 0 heteroatoms. The molecule has 0 saturated carbocycles. The van der Waals surface area contributed by atoms with Gasteiger partial charge in [-0.05, 0) is 99.7 Å². The van der Waals surface area contributed by atoms with Crippen molar-refractivity contribution < 1.29 is 0 Å². The third kappa shape index (κ3) is 3.44. The molecule has 0 bridgehead atoms. The number of benzene rings is 8. The number of fused-ring (bicyclic) bond motifs is 6.